The van der Waals surface area contributed by atoms with Crippen LogP contribution in [-0.4, -0.2) is 16.9 Å². The summed E-state index contributed by atoms with van der Waals surface area (Å²) in [6.45, 7) is 1.84. The fourth-order valence-corrected chi connectivity index (χ4v) is 1.07. The third-order valence-electron chi connectivity index (χ3n) is 1.82. The van der Waals surface area contributed by atoms with Crippen LogP contribution < -0.4 is 11.1 Å². The minimum atomic E-state index is -0.238. The smallest absolute Gasteiger partial charge is 0.270 e. The largest absolute Gasteiger partial charge is 0.397 e. The molecule has 0 aliphatic carbocycles. The van der Waals surface area contributed by atoms with Crippen molar-refractivity contribution in [3.05, 3.63) is 24.0 Å². The first-order chi connectivity index (χ1) is 7.13. The molecule has 1 atom stereocenters. The summed E-state index contributed by atoms with van der Waals surface area (Å²) in [6, 6.07) is 3.16. The van der Waals surface area contributed by atoms with Gasteiger partial charge in [-0.25, -0.2) is 4.98 Å². The lowest BCUT2D eigenvalue weighted by atomic mass is 10.2. The molecule has 0 spiro atoms. The Morgan fingerprint density at radius 3 is 3.00 bits per heavy atom. The zero-order valence-electron chi connectivity index (χ0n) is 8.53. The van der Waals surface area contributed by atoms with E-state index in [9.17, 15) is 4.79 Å². The molecule has 0 aromatic carbocycles. The molecule has 0 bridgehead atoms. The second-order valence-corrected chi connectivity index (χ2v) is 3.26. The molecular weight excluding hydrogens is 190 g/mol. The van der Waals surface area contributed by atoms with Gasteiger partial charge in [0, 0.05) is 12.5 Å². The number of nitrogens with zero attached hydrogens (tertiary/aromatic N) is 1. The summed E-state index contributed by atoms with van der Waals surface area (Å²) >= 11 is 0. The normalized spacial score (nSPS) is 11.5. The molecule has 0 saturated heterocycles. The number of hydrogen-bond donors (Lipinski definition) is 2. The molecule has 3 N–H and O–H groups in total. The van der Waals surface area contributed by atoms with Gasteiger partial charge in [-0.2, -0.15) is 0 Å². The molecule has 15 heavy (non-hydrogen) atoms. The highest BCUT2D eigenvalue weighted by atomic mass is 16.1. The summed E-state index contributed by atoms with van der Waals surface area (Å²) < 4.78 is 0. The van der Waals surface area contributed by atoms with E-state index in [0.717, 1.165) is 0 Å². The molecule has 0 fully saturated rings. The summed E-state index contributed by atoms with van der Waals surface area (Å²) in [7, 11) is 0. The van der Waals surface area contributed by atoms with Crippen LogP contribution in [0.2, 0.25) is 0 Å². The number of pyridine rings is 1. The lowest BCUT2D eigenvalue weighted by Crippen LogP contribution is -2.32. The highest BCUT2D eigenvalue weighted by molar-refractivity contribution is 5.92. The molecule has 1 aromatic rings. The number of nitrogens with two attached hydrogens (primary N) is 1. The zero-order valence-corrected chi connectivity index (χ0v) is 8.53. The van der Waals surface area contributed by atoms with Crippen molar-refractivity contribution in [2.75, 3.05) is 5.73 Å². The van der Waals surface area contributed by atoms with E-state index in [1.165, 1.54) is 6.20 Å². The van der Waals surface area contributed by atoms with Crippen LogP contribution >= 0.6 is 0 Å². The molecule has 0 radical (unpaired) electrons. The summed E-state index contributed by atoms with van der Waals surface area (Å²) in [6.07, 6.45) is 7.08. The van der Waals surface area contributed by atoms with Crippen LogP contribution in [0.3, 0.4) is 0 Å². The standard InChI is InChI=1S/C11H13N3O/c1-3-4-8(2)14-11(15)10-6-5-9(12)7-13-10/h1,5-8H,4,12H2,2H3,(H,14,15). The van der Waals surface area contributed by atoms with Crippen molar-refractivity contribution in [1.82, 2.24) is 10.3 Å². The van der Waals surface area contributed by atoms with Gasteiger partial charge in [0.1, 0.15) is 5.69 Å². The van der Waals surface area contributed by atoms with Gasteiger partial charge in [0.15, 0.2) is 0 Å². The quantitative estimate of drug-likeness (QED) is 0.714. The van der Waals surface area contributed by atoms with Crippen molar-refractivity contribution in [3.63, 3.8) is 0 Å². The van der Waals surface area contributed by atoms with Crippen molar-refractivity contribution < 1.29 is 4.79 Å². The van der Waals surface area contributed by atoms with E-state index in [1.807, 2.05) is 6.92 Å². The number of nitrogens with one attached hydrogen (secondary N) is 1. The molecular formula is C11H13N3O. The molecule has 0 saturated carbocycles. The van der Waals surface area contributed by atoms with Crippen molar-refractivity contribution in [2.24, 2.45) is 0 Å². The second kappa shape index (κ2) is 5.01. The molecule has 1 rings (SSSR count). The Bertz CT molecular complexity index is 378. The fourth-order valence-electron chi connectivity index (χ4n) is 1.07. The van der Waals surface area contributed by atoms with E-state index in [-0.39, 0.29) is 11.9 Å². The van der Waals surface area contributed by atoms with Crippen LogP contribution in [0.4, 0.5) is 5.69 Å². The predicted molar refractivity (Wildman–Crippen MR) is 59.0 cm³/mol. The molecule has 1 aromatic heterocycles. The minimum absolute atomic E-state index is 0.0538. The number of rotatable bonds is 3. The van der Waals surface area contributed by atoms with Gasteiger partial charge in [0.05, 0.1) is 11.9 Å². The third-order valence-corrected chi connectivity index (χ3v) is 1.82. The molecule has 0 aliphatic rings. The monoisotopic (exact) mass is 203 g/mol. The average molecular weight is 203 g/mol. The van der Waals surface area contributed by atoms with Crippen LogP contribution in [-0.2, 0) is 0 Å². The third kappa shape index (κ3) is 3.31. The number of terminal acetylenes is 1. The lowest BCUT2D eigenvalue weighted by Gasteiger charge is -2.10. The SMILES string of the molecule is C#CCC(C)NC(=O)c1ccc(N)cn1. The molecule has 1 heterocycles. The van der Waals surface area contributed by atoms with Crippen molar-refractivity contribution in [2.45, 2.75) is 19.4 Å². The Morgan fingerprint density at radius 2 is 2.47 bits per heavy atom. The van der Waals surface area contributed by atoms with E-state index in [0.29, 0.717) is 17.8 Å². The number of carbonyl (C=O) groups is 1. The van der Waals surface area contributed by atoms with Gasteiger partial charge in [-0.3, -0.25) is 4.79 Å². The van der Waals surface area contributed by atoms with E-state index in [1.54, 1.807) is 12.1 Å². The molecule has 4 nitrogen and oxygen atoms in total. The summed E-state index contributed by atoms with van der Waals surface area (Å²) in [5.41, 5.74) is 6.33. The minimum Gasteiger partial charge on any atom is -0.397 e. The first-order valence-electron chi connectivity index (χ1n) is 4.59. The Kier molecular flexibility index (Phi) is 3.69. The van der Waals surface area contributed by atoms with Crippen LogP contribution in [0.25, 0.3) is 0 Å². The molecule has 4 heteroatoms. The van der Waals surface area contributed by atoms with Gasteiger partial charge in [-0.1, -0.05) is 0 Å². The van der Waals surface area contributed by atoms with Crippen molar-refractivity contribution in [3.8, 4) is 12.3 Å². The topological polar surface area (TPSA) is 68.0 Å². The first kappa shape index (κ1) is 11.1. The lowest BCUT2D eigenvalue weighted by molar-refractivity contribution is 0.0936. The number of amides is 1. The Labute approximate surface area is 88.9 Å². The number of carbonyl (C=O) groups excluding carboxylic acids is 1. The van der Waals surface area contributed by atoms with Gasteiger partial charge in [0.25, 0.3) is 5.91 Å². The molecule has 78 valence electrons. The van der Waals surface area contributed by atoms with Crippen molar-refractivity contribution in [1.29, 1.82) is 0 Å². The van der Waals surface area contributed by atoms with Gasteiger partial charge >= 0.3 is 0 Å². The average Bonchev–Trinajstić information content (AvgIpc) is 2.18. The van der Waals surface area contributed by atoms with E-state index in [4.69, 9.17) is 12.2 Å². The van der Waals surface area contributed by atoms with Gasteiger partial charge in [0.2, 0.25) is 0 Å². The maximum Gasteiger partial charge on any atom is 0.270 e. The van der Waals surface area contributed by atoms with E-state index < -0.39 is 0 Å². The summed E-state index contributed by atoms with van der Waals surface area (Å²) in [5.74, 6) is 2.24. The zero-order chi connectivity index (χ0) is 11.3. The molecule has 1 amide bonds. The van der Waals surface area contributed by atoms with E-state index >= 15 is 0 Å². The van der Waals surface area contributed by atoms with E-state index in [2.05, 4.69) is 16.2 Å². The number of aromatic nitrogens is 1. The number of hydrogen-bond acceptors (Lipinski definition) is 3. The predicted octanol–water partition coefficient (Wildman–Crippen LogP) is 0.805. The van der Waals surface area contributed by atoms with Gasteiger partial charge in [-0.15, -0.1) is 12.3 Å². The summed E-state index contributed by atoms with van der Waals surface area (Å²) in [5, 5.41) is 2.73. The highest BCUT2D eigenvalue weighted by Gasteiger charge is 2.09. The highest BCUT2D eigenvalue weighted by Crippen LogP contribution is 2.01. The van der Waals surface area contributed by atoms with Crippen LogP contribution in [0.15, 0.2) is 18.3 Å². The number of nitrogen functional groups attached to an aromatic ring is 1. The fraction of sp³-hybridized carbons (Fsp3) is 0.273. The second-order valence-electron chi connectivity index (χ2n) is 3.26. The van der Waals surface area contributed by atoms with Crippen molar-refractivity contribution >= 4 is 11.6 Å². The Morgan fingerprint density at radius 1 is 1.73 bits per heavy atom. The maximum atomic E-state index is 11.6. The number of anilines is 1. The Hall–Kier alpha value is -2.02. The molecule has 0 aliphatic heterocycles. The summed E-state index contributed by atoms with van der Waals surface area (Å²) in [4.78, 5) is 15.5. The van der Waals surface area contributed by atoms with Crippen LogP contribution in [0.1, 0.15) is 23.8 Å². The molecule has 1 unspecified atom stereocenters. The maximum absolute atomic E-state index is 11.6. The van der Waals surface area contributed by atoms with Gasteiger partial charge in [-0.05, 0) is 19.1 Å². The first-order valence-corrected chi connectivity index (χ1v) is 4.59. The Balaban J connectivity index is 2.62. The van der Waals surface area contributed by atoms with Crippen LogP contribution in [0, 0.1) is 12.3 Å². The van der Waals surface area contributed by atoms with Gasteiger partial charge < -0.3 is 11.1 Å². The van der Waals surface area contributed by atoms with Crippen LogP contribution in [0.5, 0.6) is 0 Å².